The van der Waals surface area contributed by atoms with E-state index in [0.717, 1.165) is 0 Å². The van der Waals surface area contributed by atoms with Crippen molar-refractivity contribution in [1.29, 1.82) is 0 Å². The summed E-state index contributed by atoms with van der Waals surface area (Å²) in [6.07, 6.45) is 0. The van der Waals surface area contributed by atoms with E-state index in [1.807, 2.05) is 0 Å². The van der Waals surface area contributed by atoms with Crippen LogP contribution in [-0.2, 0) is 10.1 Å². The van der Waals surface area contributed by atoms with Gasteiger partial charge in [0.05, 0.1) is 12.3 Å². The molecule has 0 aliphatic heterocycles. The Morgan fingerprint density at radius 3 is 2.29 bits per heavy atom. The number of nitrogen functional groups attached to an aromatic ring is 2. The molecule has 0 bridgehead atoms. The topological polar surface area (TPSA) is 116 Å². The molecule has 0 saturated heterocycles. The highest BCUT2D eigenvalue weighted by atomic mass is 32.2. The van der Waals surface area contributed by atoms with Crippen LogP contribution in [0, 0.1) is 0 Å². The van der Waals surface area contributed by atoms with Crippen molar-refractivity contribution in [3.05, 3.63) is 36.4 Å². The van der Waals surface area contributed by atoms with E-state index in [9.17, 15) is 13.0 Å². The van der Waals surface area contributed by atoms with Gasteiger partial charge in [-0.2, -0.15) is 8.42 Å². The number of hydrogen-bond acceptors (Lipinski definition) is 5. The lowest BCUT2D eigenvalue weighted by Gasteiger charge is -2.13. The molecule has 2 rings (SSSR count). The number of nitrogens with two attached hydrogens (primary N) is 2. The second-order valence-corrected chi connectivity index (χ2v) is 5.81. The summed E-state index contributed by atoms with van der Waals surface area (Å²) in [5.41, 5.74) is 12.9. The predicted octanol–water partition coefficient (Wildman–Crippen LogP) is 2.16. The van der Waals surface area contributed by atoms with Crippen molar-refractivity contribution in [2.75, 3.05) is 18.1 Å². The summed E-state index contributed by atoms with van der Waals surface area (Å²) in [4.78, 5) is -0.270. The van der Waals surface area contributed by atoms with Crippen LogP contribution in [0.15, 0.2) is 41.3 Å². The normalized spacial score (nSPS) is 11.3. The predicted molar refractivity (Wildman–Crippen MR) is 81.7 cm³/mol. The molecule has 6 nitrogen and oxygen atoms in total. The highest BCUT2D eigenvalue weighted by Gasteiger charge is 2.19. The van der Waals surface area contributed by atoms with E-state index in [2.05, 4.69) is 0 Å². The highest BCUT2D eigenvalue weighted by Crippen LogP contribution is 2.35. The van der Waals surface area contributed by atoms with Crippen LogP contribution in [0.3, 0.4) is 0 Å². The zero-order valence-corrected chi connectivity index (χ0v) is 12.2. The van der Waals surface area contributed by atoms with E-state index in [-0.39, 0.29) is 10.6 Å². The Morgan fingerprint density at radius 1 is 1.14 bits per heavy atom. The van der Waals surface area contributed by atoms with E-state index in [4.69, 9.17) is 16.2 Å². The van der Waals surface area contributed by atoms with E-state index < -0.39 is 10.1 Å². The second-order valence-electron chi connectivity index (χ2n) is 4.42. The van der Waals surface area contributed by atoms with Gasteiger partial charge in [0.25, 0.3) is 10.1 Å². The molecule has 2 aromatic carbocycles. The molecular formula is C14H16N2O4S. The van der Waals surface area contributed by atoms with E-state index >= 15 is 0 Å². The lowest BCUT2D eigenvalue weighted by molar-refractivity contribution is 0.342. The summed E-state index contributed by atoms with van der Waals surface area (Å²) in [6.45, 7) is 2.18. The van der Waals surface area contributed by atoms with Gasteiger partial charge in [0.2, 0.25) is 0 Å². The molecule has 0 spiro atoms. The second kappa shape index (κ2) is 5.63. The summed E-state index contributed by atoms with van der Waals surface area (Å²) in [7, 11) is -4.41. The maximum Gasteiger partial charge on any atom is 0.295 e. The Bertz CT molecular complexity index is 755. The molecule has 0 amide bonds. The first-order valence-corrected chi connectivity index (χ1v) is 7.66. The van der Waals surface area contributed by atoms with Crippen LogP contribution in [0.5, 0.6) is 5.75 Å². The average Bonchev–Trinajstić information content (AvgIpc) is 2.41. The fourth-order valence-electron chi connectivity index (χ4n) is 1.96. The maximum absolute atomic E-state index is 11.5. The lowest BCUT2D eigenvalue weighted by Crippen LogP contribution is -2.05. The third-order valence-electron chi connectivity index (χ3n) is 2.91. The minimum absolute atomic E-state index is 0.142. The number of hydrogen-bond donors (Lipinski definition) is 3. The largest absolute Gasteiger partial charge is 0.492 e. The van der Waals surface area contributed by atoms with Gasteiger partial charge in [-0.15, -0.1) is 0 Å². The van der Waals surface area contributed by atoms with Gasteiger partial charge in [-0.05, 0) is 36.8 Å². The molecule has 0 radical (unpaired) electrons. The number of anilines is 2. The van der Waals surface area contributed by atoms with Crippen LogP contribution in [0.2, 0.25) is 0 Å². The van der Waals surface area contributed by atoms with Crippen molar-refractivity contribution in [1.82, 2.24) is 0 Å². The SMILES string of the molecule is CCOc1cc(-c2ccc(N)cc2)c(S(=O)(=O)O)cc1N. The van der Waals surface area contributed by atoms with E-state index in [1.165, 1.54) is 12.1 Å². The molecule has 7 heteroatoms. The van der Waals surface area contributed by atoms with Gasteiger partial charge in [0.15, 0.2) is 0 Å². The Labute approximate surface area is 123 Å². The minimum Gasteiger partial charge on any atom is -0.492 e. The Kier molecular flexibility index (Phi) is 4.06. The molecule has 21 heavy (non-hydrogen) atoms. The zero-order valence-electron chi connectivity index (χ0n) is 11.4. The van der Waals surface area contributed by atoms with Gasteiger partial charge in [-0.3, -0.25) is 4.55 Å². The van der Waals surface area contributed by atoms with E-state index in [0.29, 0.717) is 29.2 Å². The van der Waals surface area contributed by atoms with Gasteiger partial charge in [-0.25, -0.2) is 0 Å². The molecule has 0 saturated carbocycles. The molecule has 5 N–H and O–H groups in total. The molecule has 0 aliphatic carbocycles. The molecule has 0 fully saturated rings. The first-order valence-electron chi connectivity index (χ1n) is 6.22. The summed E-state index contributed by atoms with van der Waals surface area (Å²) in [6, 6.07) is 9.27. The smallest absolute Gasteiger partial charge is 0.295 e. The van der Waals surface area contributed by atoms with Crippen molar-refractivity contribution in [2.24, 2.45) is 0 Å². The van der Waals surface area contributed by atoms with Crippen LogP contribution in [0.1, 0.15) is 6.92 Å². The lowest BCUT2D eigenvalue weighted by atomic mass is 10.0. The van der Waals surface area contributed by atoms with Crippen molar-refractivity contribution in [3.8, 4) is 16.9 Å². The minimum atomic E-state index is -4.41. The molecule has 0 unspecified atom stereocenters. The molecule has 2 aromatic rings. The monoisotopic (exact) mass is 308 g/mol. The molecule has 0 heterocycles. The average molecular weight is 308 g/mol. The fraction of sp³-hybridized carbons (Fsp3) is 0.143. The summed E-state index contributed by atoms with van der Waals surface area (Å²) >= 11 is 0. The van der Waals surface area contributed by atoms with E-state index in [1.54, 1.807) is 31.2 Å². The quantitative estimate of drug-likeness (QED) is 0.589. The maximum atomic E-state index is 11.5. The van der Waals surface area contributed by atoms with Crippen LogP contribution < -0.4 is 16.2 Å². The highest BCUT2D eigenvalue weighted by molar-refractivity contribution is 7.86. The zero-order chi connectivity index (χ0) is 15.6. The molecule has 0 aromatic heterocycles. The van der Waals surface area contributed by atoms with Crippen LogP contribution >= 0.6 is 0 Å². The summed E-state index contributed by atoms with van der Waals surface area (Å²) in [5, 5.41) is 0. The first kappa shape index (κ1) is 15.1. The summed E-state index contributed by atoms with van der Waals surface area (Å²) < 4.78 is 37.8. The van der Waals surface area contributed by atoms with Crippen molar-refractivity contribution in [2.45, 2.75) is 11.8 Å². The number of ether oxygens (including phenoxy) is 1. The van der Waals surface area contributed by atoms with Crippen LogP contribution in [-0.4, -0.2) is 19.6 Å². The first-order chi connectivity index (χ1) is 9.82. The molecule has 0 aliphatic rings. The molecular weight excluding hydrogens is 292 g/mol. The Balaban J connectivity index is 2.71. The van der Waals surface area contributed by atoms with Crippen LogP contribution in [0.4, 0.5) is 11.4 Å². The number of benzene rings is 2. The van der Waals surface area contributed by atoms with Gasteiger partial charge in [-0.1, -0.05) is 12.1 Å². The third-order valence-corrected chi connectivity index (χ3v) is 3.81. The Hall–Kier alpha value is -2.25. The van der Waals surface area contributed by atoms with Crippen molar-refractivity contribution in [3.63, 3.8) is 0 Å². The molecule has 112 valence electrons. The number of rotatable bonds is 4. The van der Waals surface area contributed by atoms with Gasteiger partial charge in [0, 0.05) is 11.3 Å². The van der Waals surface area contributed by atoms with Gasteiger partial charge >= 0.3 is 0 Å². The van der Waals surface area contributed by atoms with Crippen LogP contribution in [0.25, 0.3) is 11.1 Å². The molecule has 0 atom stereocenters. The fourth-order valence-corrected chi connectivity index (χ4v) is 2.69. The van der Waals surface area contributed by atoms with Gasteiger partial charge < -0.3 is 16.2 Å². The van der Waals surface area contributed by atoms with Crippen molar-refractivity contribution >= 4 is 21.5 Å². The Morgan fingerprint density at radius 2 is 1.76 bits per heavy atom. The third kappa shape index (κ3) is 3.26. The summed E-state index contributed by atoms with van der Waals surface area (Å²) in [5.74, 6) is 0.358. The van der Waals surface area contributed by atoms with Crippen molar-refractivity contribution < 1.29 is 17.7 Å². The standard InChI is InChI=1S/C14H16N2O4S/c1-2-20-13-7-11(9-3-5-10(15)6-4-9)14(8-12(13)16)21(17,18)19/h3-8H,2,15-16H2,1H3,(H,17,18,19). The van der Waals surface area contributed by atoms with Gasteiger partial charge in [0.1, 0.15) is 10.6 Å².